The van der Waals surface area contributed by atoms with E-state index in [0.29, 0.717) is 6.54 Å². The highest BCUT2D eigenvalue weighted by molar-refractivity contribution is 7.91. The summed E-state index contributed by atoms with van der Waals surface area (Å²) in [4.78, 5) is 10.7. The fraction of sp³-hybridized carbons (Fsp3) is 0.500. The Bertz CT molecular complexity index is 504. The summed E-state index contributed by atoms with van der Waals surface area (Å²) >= 11 is 0.774. The number of hydrogen-bond donors (Lipinski definition) is 1. The Labute approximate surface area is 105 Å². The van der Waals surface area contributed by atoms with Crippen LogP contribution in [0.15, 0.2) is 16.3 Å². The summed E-state index contributed by atoms with van der Waals surface area (Å²) in [6, 6.07) is 2.64. The molecule has 1 aromatic rings. The molecule has 0 fully saturated rings. The zero-order valence-electron chi connectivity index (χ0n) is 9.87. The van der Waals surface area contributed by atoms with Crippen LogP contribution in [0.2, 0.25) is 0 Å². The quantitative estimate of drug-likeness (QED) is 0.889. The van der Waals surface area contributed by atoms with E-state index in [1.807, 2.05) is 13.8 Å². The predicted molar refractivity (Wildman–Crippen MR) is 65.9 cm³/mol. The van der Waals surface area contributed by atoms with E-state index < -0.39 is 16.0 Å². The number of thiophene rings is 1. The van der Waals surface area contributed by atoms with Gasteiger partial charge in [-0.2, -0.15) is 4.31 Å². The van der Waals surface area contributed by atoms with Gasteiger partial charge in [0.25, 0.3) is 10.0 Å². The van der Waals surface area contributed by atoms with Crippen molar-refractivity contribution in [1.29, 1.82) is 0 Å². The minimum Gasteiger partial charge on any atom is -0.477 e. The molecule has 17 heavy (non-hydrogen) atoms. The Balaban J connectivity index is 3.00. The molecular formula is C10H15NO4S2. The lowest BCUT2D eigenvalue weighted by Crippen LogP contribution is -2.29. The van der Waals surface area contributed by atoms with Gasteiger partial charge < -0.3 is 5.11 Å². The van der Waals surface area contributed by atoms with E-state index >= 15 is 0 Å². The summed E-state index contributed by atoms with van der Waals surface area (Å²) in [5.41, 5.74) is 0. The zero-order chi connectivity index (χ0) is 13.2. The van der Waals surface area contributed by atoms with Crippen LogP contribution in [-0.2, 0) is 10.0 Å². The first-order valence-corrected chi connectivity index (χ1v) is 7.30. The highest BCUT2D eigenvalue weighted by Gasteiger charge is 2.24. The van der Waals surface area contributed by atoms with E-state index in [2.05, 4.69) is 0 Å². The van der Waals surface area contributed by atoms with Crippen molar-refractivity contribution in [3.8, 4) is 0 Å². The van der Waals surface area contributed by atoms with Gasteiger partial charge in [0.15, 0.2) is 0 Å². The number of carbonyl (C=O) groups is 1. The Morgan fingerprint density at radius 2 is 2.06 bits per heavy atom. The number of aromatic carboxylic acids is 1. The molecule has 96 valence electrons. The first-order chi connectivity index (χ1) is 7.75. The topological polar surface area (TPSA) is 74.7 Å². The number of nitrogens with zero attached hydrogens (tertiary/aromatic N) is 1. The average molecular weight is 277 g/mol. The second-order valence-electron chi connectivity index (χ2n) is 4.10. The van der Waals surface area contributed by atoms with Crippen molar-refractivity contribution in [2.24, 2.45) is 5.92 Å². The minimum absolute atomic E-state index is 0.0292. The van der Waals surface area contributed by atoms with Crippen molar-refractivity contribution in [2.45, 2.75) is 18.1 Å². The van der Waals surface area contributed by atoms with Crippen LogP contribution in [0.3, 0.4) is 0 Å². The smallest absolute Gasteiger partial charge is 0.345 e. The van der Waals surface area contributed by atoms with Crippen LogP contribution in [0.4, 0.5) is 0 Å². The molecule has 1 rings (SSSR count). The second-order valence-corrected chi connectivity index (χ2v) is 7.46. The predicted octanol–water partition coefficient (Wildman–Crippen LogP) is 1.72. The summed E-state index contributed by atoms with van der Waals surface area (Å²) < 4.78 is 25.4. The SMILES string of the molecule is CC(C)CN(C)S(=O)(=O)c1ccc(C(=O)O)s1. The third-order valence-corrected chi connectivity index (χ3v) is 5.44. The number of hydrogen-bond acceptors (Lipinski definition) is 4. The summed E-state index contributed by atoms with van der Waals surface area (Å²) in [7, 11) is -2.06. The fourth-order valence-electron chi connectivity index (χ4n) is 1.34. The molecule has 0 aliphatic carbocycles. The van der Waals surface area contributed by atoms with Crippen molar-refractivity contribution < 1.29 is 18.3 Å². The van der Waals surface area contributed by atoms with Gasteiger partial charge in [-0.3, -0.25) is 0 Å². The van der Waals surface area contributed by atoms with Crippen molar-refractivity contribution in [3.63, 3.8) is 0 Å². The van der Waals surface area contributed by atoms with Gasteiger partial charge in [0.1, 0.15) is 9.09 Å². The first-order valence-electron chi connectivity index (χ1n) is 5.04. The Morgan fingerprint density at radius 1 is 1.47 bits per heavy atom. The molecule has 0 atom stereocenters. The monoisotopic (exact) mass is 277 g/mol. The van der Waals surface area contributed by atoms with Gasteiger partial charge in [0.05, 0.1) is 0 Å². The zero-order valence-corrected chi connectivity index (χ0v) is 11.5. The lowest BCUT2D eigenvalue weighted by Gasteiger charge is -2.17. The van der Waals surface area contributed by atoms with Crippen molar-refractivity contribution >= 4 is 27.3 Å². The molecular weight excluding hydrogens is 262 g/mol. The summed E-state index contributed by atoms with van der Waals surface area (Å²) in [5, 5.41) is 8.75. The van der Waals surface area contributed by atoms with E-state index in [1.54, 1.807) is 0 Å². The maximum absolute atomic E-state index is 12.0. The van der Waals surface area contributed by atoms with Crippen LogP contribution in [0, 0.1) is 5.92 Å². The summed E-state index contributed by atoms with van der Waals surface area (Å²) in [5.74, 6) is -0.892. The van der Waals surface area contributed by atoms with Gasteiger partial charge in [0, 0.05) is 13.6 Å². The minimum atomic E-state index is -3.56. The van der Waals surface area contributed by atoms with Gasteiger partial charge in [-0.15, -0.1) is 11.3 Å². The maximum atomic E-state index is 12.0. The number of sulfonamides is 1. The molecule has 0 saturated carbocycles. The molecule has 0 saturated heterocycles. The normalized spacial score (nSPS) is 12.3. The van der Waals surface area contributed by atoms with Crippen LogP contribution < -0.4 is 0 Å². The van der Waals surface area contributed by atoms with Gasteiger partial charge in [-0.05, 0) is 18.1 Å². The van der Waals surface area contributed by atoms with Crippen molar-refractivity contribution in [1.82, 2.24) is 4.31 Å². The van der Waals surface area contributed by atoms with E-state index in [9.17, 15) is 13.2 Å². The Morgan fingerprint density at radius 3 is 2.47 bits per heavy atom. The van der Waals surface area contributed by atoms with Gasteiger partial charge in [-0.1, -0.05) is 13.8 Å². The Kier molecular flexibility index (Phi) is 4.29. The number of carboxylic acids is 1. The standard InChI is InChI=1S/C10H15NO4S2/c1-7(2)6-11(3)17(14,15)9-5-4-8(16-9)10(12)13/h4-5,7H,6H2,1-3H3,(H,12,13). The van der Waals surface area contributed by atoms with Crippen molar-refractivity contribution in [2.75, 3.05) is 13.6 Å². The summed E-state index contributed by atoms with van der Waals surface area (Å²) in [6.45, 7) is 4.24. The first kappa shape index (κ1) is 14.1. The molecule has 7 heteroatoms. The molecule has 0 unspecified atom stereocenters. The molecule has 0 amide bonds. The lowest BCUT2D eigenvalue weighted by atomic mass is 10.2. The highest BCUT2D eigenvalue weighted by Crippen LogP contribution is 2.24. The molecule has 0 aliphatic heterocycles. The maximum Gasteiger partial charge on any atom is 0.345 e. The van der Waals surface area contributed by atoms with E-state index in [1.165, 1.54) is 23.5 Å². The van der Waals surface area contributed by atoms with Crippen molar-refractivity contribution in [3.05, 3.63) is 17.0 Å². The van der Waals surface area contributed by atoms with Crippen LogP contribution >= 0.6 is 11.3 Å². The second kappa shape index (κ2) is 5.16. The van der Waals surface area contributed by atoms with E-state index in [0.717, 1.165) is 11.3 Å². The molecule has 5 nitrogen and oxygen atoms in total. The fourth-order valence-corrected chi connectivity index (χ4v) is 4.03. The van der Waals surface area contributed by atoms with E-state index in [4.69, 9.17) is 5.11 Å². The van der Waals surface area contributed by atoms with Crippen LogP contribution in [0.25, 0.3) is 0 Å². The third-order valence-electron chi connectivity index (χ3n) is 2.08. The molecule has 1 aromatic heterocycles. The van der Waals surface area contributed by atoms with Crippen LogP contribution in [0.5, 0.6) is 0 Å². The summed E-state index contributed by atoms with van der Waals surface area (Å²) in [6.07, 6.45) is 0. The van der Waals surface area contributed by atoms with E-state index in [-0.39, 0.29) is 15.0 Å². The Hall–Kier alpha value is -0.920. The molecule has 1 heterocycles. The number of rotatable bonds is 5. The van der Waals surface area contributed by atoms with Gasteiger partial charge in [-0.25, -0.2) is 13.2 Å². The average Bonchev–Trinajstić information content (AvgIpc) is 2.65. The van der Waals surface area contributed by atoms with Crippen LogP contribution in [-0.4, -0.2) is 37.4 Å². The molecule has 0 aromatic carbocycles. The molecule has 0 spiro atoms. The molecule has 0 radical (unpaired) electrons. The molecule has 1 N–H and O–H groups in total. The van der Waals surface area contributed by atoms with Gasteiger partial charge in [0.2, 0.25) is 0 Å². The lowest BCUT2D eigenvalue weighted by molar-refractivity contribution is 0.0702. The highest BCUT2D eigenvalue weighted by atomic mass is 32.2. The van der Waals surface area contributed by atoms with Crippen LogP contribution in [0.1, 0.15) is 23.5 Å². The molecule has 0 bridgehead atoms. The largest absolute Gasteiger partial charge is 0.477 e. The number of carboxylic acid groups (broad SMARTS) is 1. The third kappa shape index (κ3) is 3.27. The molecule has 0 aliphatic rings. The van der Waals surface area contributed by atoms with Gasteiger partial charge >= 0.3 is 5.97 Å².